The number of benzene rings is 1. The number of imide groups is 1. The molecule has 1 aromatic rings. The Hall–Kier alpha value is -2.24. The van der Waals surface area contributed by atoms with Crippen LogP contribution in [-0.4, -0.2) is 46.7 Å². The zero-order valence-corrected chi connectivity index (χ0v) is 13.0. The van der Waals surface area contributed by atoms with E-state index in [1.807, 2.05) is 0 Å². The van der Waals surface area contributed by atoms with E-state index in [2.05, 4.69) is 0 Å². The maximum atomic E-state index is 12.9. The second kappa shape index (κ2) is 5.76. The van der Waals surface area contributed by atoms with Crippen molar-refractivity contribution >= 4 is 17.7 Å². The van der Waals surface area contributed by atoms with Gasteiger partial charge in [0.1, 0.15) is 11.4 Å². The first-order valence-electron chi connectivity index (χ1n) is 7.84. The van der Waals surface area contributed by atoms with E-state index in [0.29, 0.717) is 18.4 Å². The van der Waals surface area contributed by atoms with Crippen LogP contribution in [0.3, 0.4) is 0 Å². The zero-order valence-electron chi connectivity index (χ0n) is 13.0. The summed E-state index contributed by atoms with van der Waals surface area (Å²) in [4.78, 5) is 40.0. The van der Waals surface area contributed by atoms with E-state index < -0.39 is 17.4 Å². The molecule has 1 spiro atoms. The number of hydrogen-bond acceptors (Lipinski definition) is 3. The fourth-order valence-corrected chi connectivity index (χ4v) is 3.54. The lowest BCUT2D eigenvalue weighted by molar-refractivity contribution is -0.134. The molecule has 2 aliphatic rings. The molecule has 1 saturated carbocycles. The van der Waals surface area contributed by atoms with Crippen molar-refractivity contribution in [3.05, 3.63) is 35.6 Å². The molecule has 0 bridgehead atoms. The molecule has 23 heavy (non-hydrogen) atoms. The predicted octanol–water partition coefficient (Wildman–Crippen LogP) is 2.61. The lowest BCUT2D eigenvalue weighted by Crippen LogP contribution is -2.49. The molecule has 5 nitrogen and oxygen atoms in total. The molecular weight excluding hydrogens is 299 g/mol. The van der Waals surface area contributed by atoms with E-state index in [-0.39, 0.29) is 18.2 Å². The maximum absolute atomic E-state index is 12.9. The highest BCUT2D eigenvalue weighted by Crippen LogP contribution is 2.39. The van der Waals surface area contributed by atoms with Crippen molar-refractivity contribution in [1.29, 1.82) is 0 Å². The molecule has 6 heteroatoms. The van der Waals surface area contributed by atoms with E-state index in [1.165, 1.54) is 29.2 Å². The third-order valence-corrected chi connectivity index (χ3v) is 4.95. The summed E-state index contributed by atoms with van der Waals surface area (Å²) in [7, 11) is 1.63. The highest BCUT2D eigenvalue weighted by atomic mass is 19.1. The normalized spacial score (nSPS) is 20.4. The van der Waals surface area contributed by atoms with Gasteiger partial charge < -0.3 is 4.90 Å². The Kier molecular flexibility index (Phi) is 3.92. The van der Waals surface area contributed by atoms with Gasteiger partial charge in [-0.15, -0.1) is 0 Å². The number of Topliss-reactive ketones (excluding diaryl/α,β-unsaturated/α-hetero) is 1. The molecule has 1 aliphatic heterocycles. The van der Waals surface area contributed by atoms with Crippen molar-refractivity contribution in [3.8, 4) is 0 Å². The van der Waals surface area contributed by atoms with Gasteiger partial charge in [-0.3, -0.25) is 14.5 Å². The SMILES string of the molecule is CN1C(=O)N(CC(=O)c2ccc(F)cc2)C(=O)C12CCCCC2. The molecule has 0 atom stereocenters. The minimum atomic E-state index is -0.779. The van der Waals surface area contributed by atoms with Crippen molar-refractivity contribution in [2.24, 2.45) is 0 Å². The standard InChI is InChI=1S/C17H19FN2O3/c1-19-16(23)20(15(22)17(19)9-3-2-4-10-17)11-14(21)12-5-7-13(18)8-6-12/h5-8H,2-4,9-11H2,1H3. The minimum absolute atomic E-state index is 0.278. The monoisotopic (exact) mass is 318 g/mol. The largest absolute Gasteiger partial charge is 0.327 e. The van der Waals surface area contributed by atoms with Crippen molar-refractivity contribution in [3.63, 3.8) is 0 Å². The fourth-order valence-electron chi connectivity index (χ4n) is 3.54. The summed E-state index contributed by atoms with van der Waals surface area (Å²) < 4.78 is 12.9. The number of halogens is 1. The third-order valence-electron chi connectivity index (χ3n) is 4.95. The average Bonchev–Trinajstić information content (AvgIpc) is 2.72. The zero-order chi connectivity index (χ0) is 16.6. The van der Waals surface area contributed by atoms with Crippen molar-refractivity contribution < 1.29 is 18.8 Å². The number of likely N-dealkylation sites (N-methyl/N-ethyl adjacent to an activating group) is 1. The number of amides is 3. The van der Waals surface area contributed by atoms with Crippen molar-refractivity contribution in [2.45, 2.75) is 37.6 Å². The first-order chi connectivity index (χ1) is 11.0. The van der Waals surface area contributed by atoms with Crippen LogP contribution in [0.25, 0.3) is 0 Å². The van der Waals surface area contributed by atoms with Crippen molar-refractivity contribution in [2.75, 3.05) is 13.6 Å². The third kappa shape index (κ3) is 2.52. The average molecular weight is 318 g/mol. The van der Waals surface area contributed by atoms with Crippen LogP contribution in [0, 0.1) is 5.82 Å². The second-order valence-corrected chi connectivity index (χ2v) is 6.26. The first-order valence-corrected chi connectivity index (χ1v) is 7.84. The molecule has 2 fully saturated rings. The lowest BCUT2D eigenvalue weighted by atomic mass is 9.80. The minimum Gasteiger partial charge on any atom is -0.313 e. The van der Waals surface area contributed by atoms with E-state index in [0.717, 1.165) is 24.2 Å². The molecule has 3 amide bonds. The van der Waals surface area contributed by atoms with Crippen LogP contribution < -0.4 is 0 Å². The highest BCUT2D eigenvalue weighted by molar-refractivity contribution is 6.11. The quantitative estimate of drug-likeness (QED) is 0.636. The van der Waals surface area contributed by atoms with E-state index in [4.69, 9.17) is 0 Å². The smallest absolute Gasteiger partial charge is 0.313 e. The molecule has 1 saturated heterocycles. The fraction of sp³-hybridized carbons (Fsp3) is 0.471. The molecule has 122 valence electrons. The van der Waals surface area contributed by atoms with E-state index >= 15 is 0 Å². The van der Waals surface area contributed by atoms with Gasteiger partial charge in [0.15, 0.2) is 5.78 Å². The Labute approximate surface area is 134 Å². The lowest BCUT2D eigenvalue weighted by Gasteiger charge is -2.35. The number of hydrogen-bond donors (Lipinski definition) is 0. The van der Waals surface area contributed by atoms with Crippen LogP contribution in [0.2, 0.25) is 0 Å². The summed E-state index contributed by atoms with van der Waals surface area (Å²) in [6, 6.07) is 4.68. The van der Waals surface area contributed by atoms with Gasteiger partial charge in [-0.2, -0.15) is 0 Å². The van der Waals surface area contributed by atoms with Crippen LogP contribution in [0.5, 0.6) is 0 Å². The summed E-state index contributed by atoms with van der Waals surface area (Å²) in [6.45, 7) is -0.296. The molecule has 0 radical (unpaired) electrons. The van der Waals surface area contributed by atoms with Gasteiger partial charge in [0.2, 0.25) is 0 Å². The molecule has 1 heterocycles. The number of nitrogens with zero attached hydrogens (tertiary/aromatic N) is 2. The highest BCUT2D eigenvalue weighted by Gasteiger charge is 2.55. The maximum Gasteiger partial charge on any atom is 0.327 e. The second-order valence-electron chi connectivity index (χ2n) is 6.26. The molecule has 3 rings (SSSR count). The van der Waals surface area contributed by atoms with E-state index in [9.17, 15) is 18.8 Å². The van der Waals surface area contributed by atoms with Crippen LogP contribution in [-0.2, 0) is 4.79 Å². The van der Waals surface area contributed by atoms with Crippen LogP contribution >= 0.6 is 0 Å². The Morgan fingerprint density at radius 1 is 1.13 bits per heavy atom. The summed E-state index contributed by atoms with van der Waals surface area (Å²) in [5, 5.41) is 0. The van der Waals surface area contributed by atoms with Gasteiger partial charge in [0.05, 0.1) is 6.54 Å². The van der Waals surface area contributed by atoms with Crippen LogP contribution in [0.15, 0.2) is 24.3 Å². The number of rotatable bonds is 3. The number of carbonyl (C=O) groups excluding carboxylic acids is 3. The molecule has 0 unspecified atom stereocenters. The number of carbonyl (C=O) groups is 3. The summed E-state index contributed by atoms with van der Waals surface area (Å²) >= 11 is 0. The number of ketones is 1. The Morgan fingerprint density at radius 3 is 2.35 bits per heavy atom. The number of urea groups is 1. The van der Waals surface area contributed by atoms with Gasteiger partial charge in [0, 0.05) is 12.6 Å². The summed E-state index contributed by atoms with van der Waals surface area (Å²) in [6.07, 6.45) is 4.17. The molecular formula is C17H19FN2O3. The Balaban J connectivity index is 1.80. The molecule has 0 N–H and O–H groups in total. The van der Waals surface area contributed by atoms with E-state index in [1.54, 1.807) is 7.05 Å². The topological polar surface area (TPSA) is 57.7 Å². The van der Waals surface area contributed by atoms with Gasteiger partial charge >= 0.3 is 6.03 Å². The van der Waals surface area contributed by atoms with Crippen molar-refractivity contribution in [1.82, 2.24) is 9.80 Å². The van der Waals surface area contributed by atoms with Gasteiger partial charge in [-0.25, -0.2) is 9.18 Å². The predicted molar refractivity (Wildman–Crippen MR) is 81.4 cm³/mol. The summed E-state index contributed by atoms with van der Waals surface area (Å²) in [5.74, 6) is -1.08. The molecule has 1 aromatic carbocycles. The Morgan fingerprint density at radius 2 is 1.74 bits per heavy atom. The summed E-state index contributed by atoms with van der Waals surface area (Å²) in [5.41, 5.74) is -0.488. The van der Waals surface area contributed by atoms with Gasteiger partial charge in [-0.05, 0) is 37.1 Å². The molecule has 0 aromatic heterocycles. The van der Waals surface area contributed by atoms with Gasteiger partial charge in [0.25, 0.3) is 5.91 Å². The van der Waals surface area contributed by atoms with Crippen LogP contribution in [0.4, 0.5) is 9.18 Å². The van der Waals surface area contributed by atoms with Gasteiger partial charge in [-0.1, -0.05) is 19.3 Å². The first kappa shape index (κ1) is 15.6. The van der Waals surface area contributed by atoms with Crippen LogP contribution in [0.1, 0.15) is 42.5 Å². The Bertz CT molecular complexity index is 650. The molecule has 1 aliphatic carbocycles.